The van der Waals surface area contributed by atoms with Gasteiger partial charge >= 0.3 is 57.5 Å². The quantitative estimate of drug-likeness (QED) is 0.151. The number of aromatic nitrogens is 1. The van der Waals surface area contributed by atoms with Gasteiger partial charge < -0.3 is 19.5 Å². The van der Waals surface area contributed by atoms with Gasteiger partial charge in [0.25, 0.3) is 0 Å². The molecule has 0 saturated heterocycles. The topological polar surface area (TPSA) is 113 Å². The second-order valence-corrected chi connectivity index (χ2v) is 10.1. The zero-order valence-electron chi connectivity index (χ0n) is 22.1. The summed E-state index contributed by atoms with van der Waals surface area (Å²) in [5, 5.41) is 20.4. The first-order valence-corrected chi connectivity index (χ1v) is 12.7. The number of carbonyl (C=O) groups is 2. The van der Waals surface area contributed by atoms with Gasteiger partial charge in [0, 0.05) is 22.1 Å². The molecule has 0 aliphatic heterocycles. The minimum absolute atomic E-state index is 0. The summed E-state index contributed by atoms with van der Waals surface area (Å²) in [6, 6.07) is 28.2. The number of hydrogen-bond donors (Lipinski definition) is 1. The van der Waals surface area contributed by atoms with Crippen molar-refractivity contribution >= 4 is 34.2 Å². The van der Waals surface area contributed by atoms with Crippen LogP contribution in [0.2, 0.25) is 0 Å². The molecular formula is C29H26KN3O5S. The van der Waals surface area contributed by atoms with Crippen LogP contribution in [0.4, 0.5) is 9.93 Å². The molecule has 1 amide bonds. The van der Waals surface area contributed by atoms with Gasteiger partial charge in [-0.05, 0) is 20.8 Å². The minimum atomic E-state index is -1.58. The van der Waals surface area contributed by atoms with Crippen molar-refractivity contribution in [2.24, 2.45) is 5.16 Å². The van der Waals surface area contributed by atoms with E-state index in [4.69, 9.17) is 9.57 Å². The van der Waals surface area contributed by atoms with E-state index in [1.165, 1.54) is 5.38 Å². The molecule has 194 valence electrons. The van der Waals surface area contributed by atoms with Crippen LogP contribution in [0.25, 0.3) is 0 Å². The molecule has 8 nitrogen and oxygen atoms in total. The Bertz CT molecular complexity index is 1320. The number of ether oxygens (including phenoxy) is 1. The third-order valence-corrected chi connectivity index (χ3v) is 6.12. The molecule has 3 aromatic carbocycles. The number of rotatable bonds is 8. The molecule has 1 aromatic heterocycles. The number of anilines is 1. The standard InChI is InChI=1S/C29H27N3O5S.K/c1-28(2,3)36-27(35)31-26-30-23(19-38-26)24(25(33)34)32-37-29(20-13-7-4-8-14-20,21-15-9-5-10-16-21)22-17-11-6-12-18-22;/h4-19H,1-3H3,(H,33,34)(H,30,31,35);/q;+1/p-1/b32-24-;. The van der Waals surface area contributed by atoms with Gasteiger partial charge in [-0.2, -0.15) is 0 Å². The summed E-state index contributed by atoms with van der Waals surface area (Å²) in [7, 11) is 0. The maximum Gasteiger partial charge on any atom is 1.00 e. The van der Waals surface area contributed by atoms with Crippen LogP contribution >= 0.6 is 11.3 Å². The predicted octanol–water partition coefficient (Wildman–Crippen LogP) is 1.96. The number of nitrogens with zero attached hydrogens (tertiary/aromatic N) is 2. The SMILES string of the molecule is CC(C)(C)OC(=O)Nc1nc(/C(=N/OC(c2ccccc2)(c2ccccc2)c2ccccc2)C(=O)[O-])cs1.[K+]. The monoisotopic (exact) mass is 567 g/mol. The van der Waals surface area contributed by atoms with Crippen LogP contribution in [0.1, 0.15) is 43.2 Å². The third-order valence-electron chi connectivity index (χ3n) is 5.36. The molecule has 0 spiro atoms. The van der Waals surface area contributed by atoms with Crippen molar-refractivity contribution in [3.05, 3.63) is 119 Å². The Kier molecular flexibility index (Phi) is 10.6. The Balaban J connectivity index is 0.00000420. The van der Waals surface area contributed by atoms with E-state index in [2.05, 4.69) is 15.5 Å². The van der Waals surface area contributed by atoms with Crippen molar-refractivity contribution in [3.8, 4) is 0 Å². The first-order valence-electron chi connectivity index (χ1n) is 11.8. The van der Waals surface area contributed by atoms with E-state index >= 15 is 0 Å². The van der Waals surface area contributed by atoms with Crippen LogP contribution in [0.15, 0.2) is 102 Å². The number of carboxylic acids is 1. The molecule has 0 atom stereocenters. The van der Waals surface area contributed by atoms with Gasteiger partial charge in [0.2, 0.25) is 5.60 Å². The zero-order valence-corrected chi connectivity index (χ0v) is 26.0. The first-order chi connectivity index (χ1) is 18.2. The second kappa shape index (κ2) is 13.5. The largest absolute Gasteiger partial charge is 1.00 e. The molecule has 0 unspecified atom stereocenters. The Morgan fingerprint density at radius 3 is 1.72 bits per heavy atom. The van der Waals surface area contributed by atoms with Gasteiger partial charge in [-0.15, -0.1) is 11.3 Å². The Hall–Kier alpha value is -2.86. The zero-order chi connectivity index (χ0) is 27.2. The number of hydrogen-bond acceptors (Lipinski definition) is 8. The average molecular weight is 568 g/mol. The van der Waals surface area contributed by atoms with E-state index in [-0.39, 0.29) is 62.2 Å². The molecule has 0 radical (unpaired) electrons. The van der Waals surface area contributed by atoms with Crippen molar-refractivity contribution in [2.75, 3.05) is 5.32 Å². The van der Waals surface area contributed by atoms with Crippen molar-refractivity contribution in [1.82, 2.24) is 4.98 Å². The molecule has 0 fully saturated rings. The molecular weight excluding hydrogens is 542 g/mol. The summed E-state index contributed by atoms with van der Waals surface area (Å²) in [6.45, 7) is 5.20. The van der Waals surface area contributed by atoms with Crippen LogP contribution < -0.4 is 61.8 Å². The second-order valence-electron chi connectivity index (χ2n) is 9.26. The van der Waals surface area contributed by atoms with Crippen molar-refractivity contribution in [3.63, 3.8) is 0 Å². The summed E-state index contributed by atoms with van der Waals surface area (Å²) < 4.78 is 5.23. The molecule has 1 N–H and O–H groups in total. The Morgan fingerprint density at radius 2 is 1.31 bits per heavy atom. The number of thiazole rings is 1. The van der Waals surface area contributed by atoms with E-state index in [1.807, 2.05) is 91.0 Å². The normalized spacial score (nSPS) is 11.7. The summed E-state index contributed by atoms with van der Waals surface area (Å²) in [4.78, 5) is 34.7. The minimum Gasteiger partial charge on any atom is -0.543 e. The van der Waals surface area contributed by atoms with Gasteiger partial charge in [-0.3, -0.25) is 5.32 Å². The van der Waals surface area contributed by atoms with E-state index in [0.717, 1.165) is 28.0 Å². The number of aliphatic carboxylic acids is 1. The summed E-state index contributed by atoms with van der Waals surface area (Å²) in [5.74, 6) is -1.58. The predicted molar refractivity (Wildman–Crippen MR) is 144 cm³/mol. The number of amides is 1. The molecule has 39 heavy (non-hydrogen) atoms. The number of benzene rings is 3. The van der Waals surface area contributed by atoms with Gasteiger partial charge in [0.1, 0.15) is 11.3 Å². The molecule has 4 rings (SSSR count). The molecule has 10 heteroatoms. The maximum atomic E-state index is 12.2. The van der Waals surface area contributed by atoms with Gasteiger partial charge in [0.15, 0.2) is 10.8 Å². The Labute approximate surface area is 273 Å². The molecule has 0 aliphatic rings. The van der Waals surface area contributed by atoms with Crippen LogP contribution in [0, 0.1) is 0 Å². The van der Waals surface area contributed by atoms with Crippen molar-refractivity contribution in [1.29, 1.82) is 0 Å². The van der Waals surface area contributed by atoms with Crippen LogP contribution in [-0.4, -0.2) is 28.4 Å². The fourth-order valence-electron chi connectivity index (χ4n) is 3.81. The van der Waals surface area contributed by atoms with Gasteiger partial charge in [-0.1, -0.05) is 96.2 Å². The molecule has 4 aromatic rings. The van der Waals surface area contributed by atoms with Gasteiger partial charge in [-0.25, -0.2) is 9.78 Å². The van der Waals surface area contributed by atoms with E-state index in [1.54, 1.807) is 20.8 Å². The van der Waals surface area contributed by atoms with Crippen molar-refractivity contribution < 1.29 is 75.7 Å². The average Bonchev–Trinajstić information content (AvgIpc) is 3.34. The molecule has 0 bridgehead atoms. The first kappa shape index (κ1) is 30.7. The van der Waals surface area contributed by atoms with Crippen LogP contribution in [-0.2, 0) is 20.0 Å². The number of carbonyl (C=O) groups excluding carboxylic acids is 2. The van der Waals surface area contributed by atoms with Crippen molar-refractivity contribution in [2.45, 2.75) is 32.0 Å². The fourth-order valence-corrected chi connectivity index (χ4v) is 4.49. The smallest absolute Gasteiger partial charge is 0.543 e. The number of nitrogens with one attached hydrogen (secondary N) is 1. The number of carboxylic acid groups (broad SMARTS) is 1. The molecule has 0 saturated carbocycles. The van der Waals surface area contributed by atoms with Crippen LogP contribution in [0.5, 0.6) is 0 Å². The van der Waals surface area contributed by atoms with E-state index in [0.29, 0.717) is 0 Å². The fraction of sp³-hybridized carbons (Fsp3) is 0.172. The molecule has 1 heterocycles. The summed E-state index contributed by atoms with van der Waals surface area (Å²) in [6.07, 6.45) is -0.710. The molecule has 0 aliphatic carbocycles. The van der Waals surface area contributed by atoms with Gasteiger partial charge in [0.05, 0.1) is 5.97 Å². The number of oxime groups is 1. The third kappa shape index (κ3) is 7.62. The van der Waals surface area contributed by atoms with E-state index < -0.39 is 29.0 Å². The summed E-state index contributed by atoms with van der Waals surface area (Å²) >= 11 is 1.02. The Morgan fingerprint density at radius 1 is 0.846 bits per heavy atom. The summed E-state index contributed by atoms with van der Waals surface area (Å²) in [5.41, 5.74) is -0.309. The maximum absolute atomic E-state index is 12.2. The van der Waals surface area contributed by atoms with E-state index in [9.17, 15) is 14.7 Å². The van der Waals surface area contributed by atoms with Crippen LogP contribution in [0.3, 0.4) is 0 Å².